The molecule has 4 aromatic rings. The average molecular weight is 443 g/mol. The van der Waals surface area contributed by atoms with E-state index in [1.807, 2.05) is 49.9 Å². The fraction of sp³-hybridized carbons (Fsp3) is 0.333. The molecule has 5 rings (SSSR count). The Hall–Kier alpha value is -3.54. The predicted octanol–water partition coefficient (Wildman–Crippen LogP) is 5.01. The number of aromatic amines is 2. The molecular formula is C27H30N4O2. The molecule has 170 valence electrons. The third-order valence-corrected chi connectivity index (χ3v) is 6.74. The summed E-state index contributed by atoms with van der Waals surface area (Å²) in [6.45, 7) is 7.25. The first kappa shape index (κ1) is 21.3. The molecule has 0 radical (unpaired) electrons. The summed E-state index contributed by atoms with van der Waals surface area (Å²) in [6.07, 6.45) is 1.97. The van der Waals surface area contributed by atoms with Crippen molar-refractivity contribution in [3.8, 4) is 5.75 Å². The van der Waals surface area contributed by atoms with Gasteiger partial charge in [0.05, 0.1) is 12.3 Å². The van der Waals surface area contributed by atoms with Crippen LogP contribution in [0, 0.1) is 13.8 Å². The summed E-state index contributed by atoms with van der Waals surface area (Å²) in [5.74, 6) is 0.978. The van der Waals surface area contributed by atoms with Crippen LogP contribution in [0.5, 0.6) is 5.75 Å². The highest BCUT2D eigenvalue weighted by Gasteiger charge is 2.35. The number of benzene rings is 2. The van der Waals surface area contributed by atoms with Crippen LogP contribution in [0.4, 0.5) is 0 Å². The number of aromatic nitrogens is 3. The van der Waals surface area contributed by atoms with Crippen molar-refractivity contribution in [2.45, 2.75) is 46.1 Å². The third-order valence-electron chi connectivity index (χ3n) is 6.74. The monoisotopic (exact) mass is 442 g/mol. The Bertz CT molecular complexity index is 1280. The molecule has 0 bridgehead atoms. The van der Waals surface area contributed by atoms with E-state index in [2.05, 4.69) is 39.4 Å². The normalized spacial score (nSPS) is 15.6. The first-order valence-corrected chi connectivity index (χ1v) is 11.7. The van der Waals surface area contributed by atoms with Crippen LogP contribution in [0.25, 0.3) is 10.9 Å². The van der Waals surface area contributed by atoms with Crippen molar-refractivity contribution < 1.29 is 9.53 Å². The Kier molecular flexibility index (Phi) is 5.67. The lowest BCUT2D eigenvalue weighted by molar-refractivity contribution is -0.133. The number of H-pyrrole nitrogens is 2. The fourth-order valence-corrected chi connectivity index (χ4v) is 5.14. The van der Waals surface area contributed by atoms with Crippen LogP contribution in [-0.4, -0.2) is 39.1 Å². The summed E-state index contributed by atoms with van der Waals surface area (Å²) >= 11 is 0. The van der Waals surface area contributed by atoms with Crippen molar-refractivity contribution in [2.75, 3.05) is 13.2 Å². The van der Waals surface area contributed by atoms with Gasteiger partial charge >= 0.3 is 0 Å². The second-order valence-electron chi connectivity index (χ2n) is 8.69. The number of ether oxygens (including phenoxy) is 1. The molecular weight excluding hydrogens is 412 g/mol. The van der Waals surface area contributed by atoms with E-state index in [1.165, 1.54) is 10.9 Å². The Morgan fingerprint density at radius 3 is 2.73 bits per heavy atom. The molecule has 0 fully saturated rings. The maximum Gasteiger partial charge on any atom is 0.223 e. The lowest BCUT2D eigenvalue weighted by Gasteiger charge is -2.37. The zero-order valence-electron chi connectivity index (χ0n) is 19.4. The summed E-state index contributed by atoms with van der Waals surface area (Å²) in [5, 5.41) is 8.55. The van der Waals surface area contributed by atoms with Gasteiger partial charge in [-0.15, -0.1) is 0 Å². The van der Waals surface area contributed by atoms with Crippen molar-refractivity contribution in [1.29, 1.82) is 0 Å². The lowest BCUT2D eigenvalue weighted by atomic mass is 9.91. The average Bonchev–Trinajstić information content (AvgIpc) is 3.36. The van der Waals surface area contributed by atoms with Crippen LogP contribution in [0.2, 0.25) is 0 Å². The Morgan fingerprint density at radius 1 is 1.15 bits per heavy atom. The molecule has 1 aliphatic heterocycles. The molecule has 0 saturated carbocycles. The number of rotatable bonds is 6. The van der Waals surface area contributed by atoms with Gasteiger partial charge in [0.2, 0.25) is 5.91 Å². The van der Waals surface area contributed by atoms with Gasteiger partial charge in [-0.25, -0.2) is 0 Å². The van der Waals surface area contributed by atoms with E-state index < -0.39 is 0 Å². The minimum Gasteiger partial charge on any atom is -0.494 e. The molecule has 1 aliphatic rings. The molecule has 2 N–H and O–H groups in total. The van der Waals surface area contributed by atoms with Crippen molar-refractivity contribution >= 4 is 16.8 Å². The maximum absolute atomic E-state index is 13.6. The molecule has 2 aromatic carbocycles. The number of nitrogens with one attached hydrogen (secondary N) is 2. The van der Waals surface area contributed by atoms with Gasteiger partial charge in [-0.2, -0.15) is 5.10 Å². The van der Waals surface area contributed by atoms with Crippen LogP contribution in [0.15, 0.2) is 48.5 Å². The molecule has 1 amide bonds. The standard InChI is InChI=1S/C27H30N4O2/c1-4-33-24-12-8-6-10-22(24)27-26-21(20-9-5-7-11-23(20)28-26)15-16-31(27)25(32)14-13-19-17(2)29-30-18(19)3/h5-12,27-28H,4,13-16H2,1-3H3,(H,29,30). The largest absolute Gasteiger partial charge is 0.494 e. The Labute approximate surface area is 194 Å². The summed E-state index contributed by atoms with van der Waals surface area (Å²) in [6, 6.07) is 16.3. The zero-order chi connectivity index (χ0) is 22.9. The molecule has 33 heavy (non-hydrogen) atoms. The molecule has 0 saturated heterocycles. The minimum absolute atomic E-state index is 0.149. The molecule has 2 aromatic heterocycles. The summed E-state index contributed by atoms with van der Waals surface area (Å²) < 4.78 is 5.99. The van der Waals surface area contributed by atoms with Crippen molar-refractivity contribution in [1.82, 2.24) is 20.1 Å². The number of amides is 1. The van der Waals surface area contributed by atoms with E-state index >= 15 is 0 Å². The van der Waals surface area contributed by atoms with Crippen LogP contribution >= 0.6 is 0 Å². The number of aryl methyl sites for hydroxylation is 2. The minimum atomic E-state index is -0.206. The number of hydrogen-bond donors (Lipinski definition) is 2. The highest BCUT2D eigenvalue weighted by molar-refractivity contribution is 5.86. The second-order valence-corrected chi connectivity index (χ2v) is 8.69. The Balaban J connectivity index is 1.55. The van der Waals surface area contributed by atoms with Gasteiger partial charge in [0.25, 0.3) is 0 Å². The van der Waals surface area contributed by atoms with Crippen molar-refractivity contribution in [2.24, 2.45) is 0 Å². The maximum atomic E-state index is 13.6. The number of carbonyl (C=O) groups is 1. The molecule has 0 spiro atoms. The number of para-hydroxylation sites is 2. The van der Waals surface area contributed by atoms with Gasteiger partial charge in [0.15, 0.2) is 0 Å². The van der Waals surface area contributed by atoms with Crippen molar-refractivity contribution in [3.63, 3.8) is 0 Å². The molecule has 1 atom stereocenters. The van der Waals surface area contributed by atoms with Gasteiger partial charge in [-0.3, -0.25) is 9.89 Å². The van der Waals surface area contributed by atoms with E-state index in [-0.39, 0.29) is 11.9 Å². The second kappa shape index (κ2) is 8.77. The first-order chi connectivity index (χ1) is 16.1. The van der Waals surface area contributed by atoms with Gasteiger partial charge in [0, 0.05) is 40.8 Å². The van der Waals surface area contributed by atoms with Gasteiger partial charge in [0.1, 0.15) is 11.8 Å². The van der Waals surface area contributed by atoms with E-state index in [9.17, 15) is 4.79 Å². The smallest absolute Gasteiger partial charge is 0.223 e. The van der Waals surface area contributed by atoms with Crippen LogP contribution < -0.4 is 4.74 Å². The summed E-state index contributed by atoms with van der Waals surface area (Å²) in [7, 11) is 0. The summed E-state index contributed by atoms with van der Waals surface area (Å²) in [5.41, 5.74) is 7.67. The van der Waals surface area contributed by atoms with Crippen LogP contribution in [0.3, 0.4) is 0 Å². The number of hydrogen-bond acceptors (Lipinski definition) is 3. The van der Waals surface area contributed by atoms with E-state index in [0.717, 1.165) is 45.9 Å². The van der Waals surface area contributed by atoms with Crippen molar-refractivity contribution in [3.05, 3.63) is 82.3 Å². The molecule has 1 unspecified atom stereocenters. The molecule has 6 nitrogen and oxygen atoms in total. The molecule has 0 aliphatic carbocycles. The topological polar surface area (TPSA) is 74.0 Å². The van der Waals surface area contributed by atoms with E-state index in [0.29, 0.717) is 26.0 Å². The van der Waals surface area contributed by atoms with Gasteiger partial charge in [-0.05, 0) is 56.9 Å². The van der Waals surface area contributed by atoms with E-state index in [4.69, 9.17) is 4.74 Å². The SMILES string of the molecule is CCOc1ccccc1C1c2[nH]c3ccccc3c2CCN1C(=O)CCc1c(C)n[nH]c1C. The Morgan fingerprint density at radius 2 is 1.94 bits per heavy atom. The zero-order valence-corrected chi connectivity index (χ0v) is 19.4. The third kappa shape index (κ3) is 3.80. The first-order valence-electron chi connectivity index (χ1n) is 11.7. The highest BCUT2D eigenvalue weighted by atomic mass is 16.5. The summed E-state index contributed by atoms with van der Waals surface area (Å²) in [4.78, 5) is 19.3. The van der Waals surface area contributed by atoms with Crippen LogP contribution in [-0.2, 0) is 17.6 Å². The molecule has 6 heteroatoms. The lowest BCUT2D eigenvalue weighted by Crippen LogP contribution is -2.41. The highest BCUT2D eigenvalue weighted by Crippen LogP contribution is 2.41. The number of nitrogens with zero attached hydrogens (tertiary/aromatic N) is 2. The predicted molar refractivity (Wildman–Crippen MR) is 130 cm³/mol. The van der Waals surface area contributed by atoms with Gasteiger partial charge in [-0.1, -0.05) is 36.4 Å². The fourth-order valence-electron chi connectivity index (χ4n) is 5.14. The van der Waals surface area contributed by atoms with E-state index in [1.54, 1.807) is 0 Å². The number of carbonyl (C=O) groups excluding carboxylic acids is 1. The number of fused-ring (bicyclic) bond motifs is 3. The van der Waals surface area contributed by atoms with Gasteiger partial charge < -0.3 is 14.6 Å². The van der Waals surface area contributed by atoms with Crippen LogP contribution in [0.1, 0.15) is 53.2 Å². The molecule has 3 heterocycles. The quantitative estimate of drug-likeness (QED) is 0.441.